The van der Waals surface area contributed by atoms with Crippen LogP contribution in [0.1, 0.15) is 10.4 Å². The third-order valence-electron chi connectivity index (χ3n) is 3.44. The quantitative estimate of drug-likeness (QED) is 0.555. The summed E-state index contributed by atoms with van der Waals surface area (Å²) in [5.74, 6) is 1.12. The number of rotatable bonds is 7. The molecule has 1 aromatic carbocycles. The Bertz CT molecular complexity index is 840. The first-order valence-corrected chi connectivity index (χ1v) is 8.37. The highest BCUT2D eigenvalue weighted by Crippen LogP contribution is 2.13. The van der Waals surface area contributed by atoms with Crippen LogP contribution in [0.5, 0.6) is 0 Å². The number of nitrogens with one attached hydrogen (secondary N) is 3. The Hall–Kier alpha value is -3.19. The molecule has 3 rings (SSSR count). The molecule has 0 saturated heterocycles. The molecule has 0 spiro atoms. The lowest BCUT2D eigenvalue weighted by atomic mass is 10.2. The van der Waals surface area contributed by atoms with Crippen LogP contribution in [0, 0.1) is 0 Å². The lowest BCUT2D eigenvalue weighted by molar-refractivity contribution is 0.0955. The van der Waals surface area contributed by atoms with Crippen LogP contribution in [0.2, 0.25) is 5.02 Å². The van der Waals surface area contributed by atoms with Crippen LogP contribution in [0.4, 0.5) is 17.3 Å². The molecule has 3 aromatic rings. The van der Waals surface area contributed by atoms with Crippen LogP contribution in [0.25, 0.3) is 0 Å². The molecule has 2 heterocycles. The molecule has 2 aromatic heterocycles. The zero-order chi connectivity index (χ0) is 18.2. The van der Waals surface area contributed by atoms with Crippen molar-refractivity contribution in [2.45, 2.75) is 0 Å². The highest BCUT2D eigenvalue weighted by atomic mass is 35.5. The van der Waals surface area contributed by atoms with Crippen molar-refractivity contribution >= 4 is 34.8 Å². The van der Waals surface area contributed by atoms with E-state index >= 15 is 0 Å². The van der Waals surface area contributed by atoms with Crippen molar-refractivity contribution in [3.05, 3.63) is 71.5 Å². The van der Waals surface area contributed by atoms with Crippen LogP contribution in [-0.4, -0.2) is 34.2 Å². The van der Waals surface area contributed by atoms with Gasteiger partial charge in [-0.1, -0.05) is 11.6 Å². The molecule has 0 atom stereocenters. The van der Waals surface area contributed by atoms with Gasteiger partial charge in [0, 0.05) is 41.8 Å². The minimum absolute atomic E-state index is 0.147. The number of anilines is 3. The summed E-state index contributed by atoms with van der Waals surface area (Å²) >= 11 is 5.81. The summed E-state index contributed by atoms with van der Waals surface area (Å²) in [5, 5.41) is 17.8. The molecular formula is C18H17ClN6O. The Kier molecular flexibility index (Phi) is 5.95. The highest BCUT2D eigenvalue weighted by molar-refractivity contribution is 6.30. The number of hydrogen-bond acceptors (Lipinski definition) is 6. The zero-order valence-corrected chi connectivity index (χ0v) is 14.6. The van der Waals surface area contributed by atoms with E-state index in [1.807, 2.05) is 24.3 Å². The molecule has 0 bridgehead atoms. The fourth-order valence-corrected chi connectivity index (χ4v) is 2.27. The normalized spacial score (nSPS) is 10.2. The first-order valence-electron chi connectivity index (χ1n) is 7.99. The Labute approximate surface area is 155 Å². The predicted octanol–water partition coefficient (Wildman–Crippen LogP) is 3.11. The van der Waals surface area contributed by atoms with Gasteiger partial charge in [-0.3, -0.25) is 9.78 Å². The number of carbonyl (C=O) groups is 1. The molecule has 1 amide bonds. The van der Waals surface area contributed by atoms with Crippen LogP contribution < -0.4 is 16.0 Å². The van der Waals surface area contributed by atoms with E-state index in [2.05, 4.69) is 31.1 Å². The van der Waals surface area contributed by atoms with Gasteiger partial charge >= 0.3 is 0 Å². The summed E-state index contributed by atoms with van der Waals surface area (Å²) in [6.07, 6.45) is 3.40. The second-order valence-corrected chi connectivity index (χ2v) is 5.79. The van der Waals surface area contributed by atoms with E-state index in [4.69, 9.17) is 11.6 Å². The van der Waals surface area contributed by atoms with Gasteiger partial charge in [-0.05, 0) is 48.5 Å². The molecule has 0 aliphatic rings. The van der Waals surface area contributed by atoms with Gasteiger partial charge in [0.1, 0.15) is 5.82 Å². The average Bonchev–Trinajstić information content (AvgIpc) is 2.68. The van der Waals surface area contributed by atoms with E-state index in [1.54, 1.807) is 36.7 Å². The van der Waals surface area contributed by atoms with E-state index in [1.165, 1.54) is 0 Å². The third kappa shape index (κ3) is 5.15. The van der Waals surface area contributed by atoms with Crippen LogP contribution in [0.3, 0.4) is 0 Å². The number of benzene rings is 1. The lowest BCUT2D eigenvalue weighted by Gasteiger charge is -2.08. The van der Waals surface area contributed by atoms with Gasteiger partial charge < -0.3 is 16.0 Å². The van der Waals surface area contributed by atoms with Crippen LogP contribution in [-0.2, 0) is 0 Å². The summed E-state index contributed by atoms with van der Waals surface area (Å²) in [6, 6.07) is 14.1. The largest absolute Gasteiger partial charge is 0.367 e. The van der Waals surface area contributed by atoms with Gasteiger partial charge in [0.15, 0.2) is 5.82 Å². The molecule has 8 heteroatoms. The molecule has 26 heavy (non-hydrogen) atoms. The van der Waals surface area contributed by atoms with E-state index in [9.17, 15) is 4.79 Å². The fraction of sp³-hybridized carbons (Fsp3) is 0.111. The maximum atomic E-state index is 12.0. The molecule has 132 valence electrons. The van der Waals surface area contributed by atoms with Gasteiger partial charge in [0.05, 0.1) is 0 Å². The highest BCUT2D eigenvalue weighted by Gasteiger charge is 2.04. The van der Waals surface area contributed by atoms with Crippen molar-refractivity contribution in [1.82, 2.24) is 20.5 Å². The van der Waals surface area contributed by atoms with Crippen LogP contribution in [0.15, 0.2) is 60.9 Å². The SMILES string of the molecule is O=C(NCCNc1ccc(Nc2ccncc2)nn1)c1ccc(Cl)cc1. The Morgan fingerprint density at radius 3 is 2.27 bits per heavy atom. The van der Waals surface area contributed by atoms with Gasteiger partial charge in [0.2, 0.25) is 0 Å². The topological polar surface area (TPSA) is 91.8 Å². The Morgan fingerprint density at radius 1 is 0.885 bits per heavy atom. The molecule has 0 unspecified atom stereocenters. The average molecular weight is 369 g/mol. The predicted molar refractivity (Wildman–Crippen MR) is 102 cm³/mol. The Morgan fingerprint density at radius 2 is 1.58 bits per heavy atom. The minimum Gasteiger partial charge on any atom is -0.367 e. The second-order valence-electron chi connectivity index (χ2n) is 5.35. The molecule has 3 N–H and O–H groups in total. The van der Waals surface area contributed by atoms with Gasteiger partial charge in [-0.25, -0.2) is 0 Å². The molecule has 0 fully saturated rings. The summed E-state index contributed by atoms with van der Waals surface area (Å²) < 4.78 is 0. The standard InChI is InChI=1S/C18H17ClN6O/c19-14-3-1-13(2-4-14)18(26)22-12-11-21-16-5-6-17(25-24-16)23-15-7-9-20-10-8-15/h1-10H,11-12H2,(H,21,24)(H,22,26)(H,20,23,25). The summed E-state index contributed by atoms with van der Waals surface area (Å²) in [4.78, 5) is 15.9. The van der Waals surface area contributed by atoms with Crippen molar-refractivity contribution in [2.24, 2.45) is 0 Å². The molecule has 0 aliphatic carbocycles. The zero-order valence-electron chi connectivity index (χ0n) is 13.8. The summed E-state index contributed by atoms with van der Waals surface area (Å²) in [6.45, 7) is 0.991. The van der Waals surface area contributed by atoms with Gasteiger partial charge in [-0.2, -0.15) is 0 Å². The maximum Gasteiger partial charge on any atom is 0.251 e. The first kappa shape index (κ1) is 17.6. The lowest BCUT2D eigenvalue weighted by Crippen LogP contribution is -2.28. The van der Waals surface area contributed by atoms with Crippen molar-refractivity contribution in [1.29, 1.82) is 0 Å². The van der Waals surface area contributed by atoms with Gasteiger partial charge in [0.25, 0.3) is 5.91 Å². The third-order valence-corrected chi connectivity index (χ3v) is 3.69. The smallest absolute Gasteiger partial charge is 0.251 e. The van der Waals surface area contributed by atoms with Crippen molar-refractivity contribution in [2.75, 3.05) is 23.7 Å². The summed E-state index contributed by atoms with van der Waals surface area (Å²) in [7, 11) is 0. The van der Waals surface area contributed by atoms with E-state index in [-0.39, 0.29) is 5.91 Å². The van der Waals surface area contributed by atoms with Crippen LogP contribution >= 0.6 is 11.6 Å². The molecule has 0 radical (unpaired) electrons. The number of hydrogen-bond donors (Lipinski definition) is 3. The Balaban J connectivity index is 1.42. The van der Waals surface area contributed by atoms with Gasteiger partial charge in [-0.15, -0.1) is 10.2 Å². The number of carbonyl (C=O) groups excluding carboxylic acids is 1. The molecule has 7 nitrogen and oxygen atoms in total. The number of nitrogens with zero attached hydrogens (tertiary/aromatic N) is 3. The number of aromatic nitrogens is 3. The van der Waals surface area contributed by atoms with Crippen molar-refractivity contribution in [3.63, 3.8) is 0 Å². The minimum atomic E-state index is -0.147. The number of pyridine rings is 1. The molecular weight excluding hydrogens is 352 g/mol. The fourth-order valence-electron chi connectivity index (χ4n) is 2.15. The molecule has 0 aliphatic heterocycles. The van der Waals surface area contributed by atoms with E-state index in [0.29, 0.717) is 35.3 Å². The first-order chi connectivity index (χ1) is 12.7. The second kappa shape index (κ2) is 8.77. The van der Waals surface area contributed by atoms with E-state index in [0.717, 1.165) is 5.69 Å². The molecule has 0 saturated carbocycles. The monoisotopic (exact) mass is 368 g/mol. The summed E-state index contributed by atoms with van der Waals surface area (Å²) in [5.41, 5.74) is 1.46. The van der Waals surface area contributed by atoms with E-state index < -0.39 is 0 Å². The van der Waals surface area contributed by atoms with Crippen molar-refractivity contribution in [3.8, 4) is 0 Å². The van der Waals surface area contributed by atoms with Crippen molar-refractivity contribution < 1.29 is 4.79 Å². The number of amides is 1. The number of halogens is 1. The maximum absolute atomic E-state index is 12.0.